The van der Waals surface area contributed by atoms with E-state index >= 15 is 0 Å². The van der Waals surface area contributed by atoms with Gasteiger partial charge in [0.05, 0.1) is 12.6 Å². The SMILES string of the molecule is C#CCN1CCNC(C)C1=O. The molecule has 1 rings (SSSR count). The van der Waals surface area contributed by atoms with E-state index in [0.29, 0.717) is 6.54 Å². The molecule has 1 fully saturated rings. The van der Waals surface area contributed by atoms with Crippen LogP contribution < -0.4 is 5.32 Å². The summed E-state index contributed by atoms with van der Waals surface area (Å²) >= 11 is 0. The maximum Gasteiger partial charge on any atom is 0.240 e. The van der Waals surface area contributed by atoms with E-state index in [1.54, 1.807) is 4.90 Å². The summed E-state index contributed by atoms with van der Waals surface area (Å²) in [5.41, 5.74) is 0. The maximum absolute atomic E-state index is 11.3. The van der Waals surface area contributed by atoms with Crippen LogP contribution in [0.15, 0.2) is 0 Å². The number of amides is 1. The summed E-state index contributed by atoms with van der Waals surface area (Å²) in [6.45, 7) is 3.86. The summed E-state index contributed by atoms with van der Waals surface area (Å²) < 4.78 is 0. The van der Waals surface area contributed by atoms with Gasteiger partial charge >= 0.3 is 0 Å². The van der Waals surface area contributed by atoms with E-state index in [0.717, 1.165) is 13.1 Å². The third-order valence-electron chi connectivity index (χ3n) is 1.80. The van der Waals surface area contributed by atoms with Gasteiger partial charge < -0.3 is 10.2 Å². The van der Waals surface area contributed by atoms with Crippen LogP contribution in [0.4, 0.5) is 0 Å². The molecule has 1 atom stereocenters. The van der Waals surface area contributed by atoms with Gasteiger partial charge in [0.2, 0.25) is 5.91 Å². The lowest BCUT2D eigenvalue weighted by Crippen LogP contribution is -2.53. The van der Waals surface area contributed by atoms with E-state index in [-0.39, 0.29) is 11.9 Å². The smallest absolute Gasteiger partial charge is 0.240 e. The first kappa shape index (κ1) is 8.09. The normalized spacial score (nSPS) is 24.9. The highest BCUT2D eigenvalue weighted by molar-refractivity contribution is 5.82. The molecular formula is C8H12N2O. The van der Waals surface area contributed by atoms with Gasteiger partial charge in [-0.15, -0.1) is 6.42 Å². The second-order valence-corrected chi connectivity index (χ2v) is 2.64. The molecule has 0 aliphatic carbocycles. The Bertz CT molecular complexity index is 195. The summed E-state index contributed by atoms with van der Waals surface area (Å²) in [6.07, 6.45) is 5.10. The van der Waals surface area contributed by atoms with Crippen LogP contribution in [-0.2, 0) is 4.79 Å². The number of hydrogen-bond acceptors (Lipinski definition) is 2. The Balaban J connectivity index is 2.53. The Labute approximate surface area is 66.8 Å². The molecule has 11 heavy (non-hydrogen) atoms. The molecule has 0 aromatic rings. The van der Waals surface area contributed by atoms with Gasteiger partial charge in [0.1, 0.15) is 0 Å². The zero-order valence-corrected chi connectivity index (χ0v) is 6.63. The van der Waals surface area contributed by atoms with Crippen molar-refractivity contribution in [3.8, 4) is 12.3 Å². The Morgan fingerprint density at radius 2 is 2.64 bits per heavy atom. The summed E-state index contributed by atoms with van der Waals surface area (Å²) in [4.78, 5) is 13.0. The molecule has 1 saturated heterocycles. The molecule has 1 amide bonds. The Morgan fingerprint density at radius 1 is 1.91 bits per heavy atom. The first-order valence-corrected chi connectivity index (χ1v) is 3.71. The molecule has 0 bridgehead atoms. The van der Waals surface area contributed by atoms with Crippen molar-refractivity contribution in [1.29, 1.82) is 0 Å². The van der Waals surface area contributed by atoms with Gasteiger partial charge in [-0.25, -0.2) is 0 Å². The van der Waals surface area contributed by atoms with Crippen molar-refractivity contribution in [3.63, 3.8) is 0 Å². The molecule has 0 aromatic carbocycles. The summed E-state index contributed by atoms with van der Waals surface area (Å²) in [7, 11) is 0. The lowest BCUT2D eigenvalue weighted by Gasteiger charge is -2.29. The first-order valence-electron chi connectivity index (χ1n) is 3.71. The Hall–Kier alpha value is -1.01. The van der Waals surface area contributed by atoms with E-state index in [1.165, 1.54) is 0 Å². The minimum atomic E-state index is -0.0721. The number of carbonyl (C=O) groups excluding carboxylic acids is 1. The summed E-state index contributed by atoms with van der Waals surface area (Å²) in [6, 6.07) is -0.0721. The lowest BCUT2D eigenvalue weighted by molar-refractivity contribution is -0.134. The maximum atomic E-state index is 11.3. The first-order chi connectivity index (χ1) is 5.25. The summed E-state index contributed by atoms with van der Waals surface area (Å²) in [5, 5.41) is 3.06. The van der Waals surface area contributed by atoms with E-state index in [2.05, 4.69) is 11.2 Å². The zero-order chi connectivity index (χ0) is 8.27. The monoisotopic (exact) mass is 152 g/mol. The van der Waals surface area contributed by atoms with Crippen LogP contribution in [0, 0.1) is 12.3 Å². The molecular weight excluding hydrogens is 140 g/mol. The highest BCUT2D eigenvalue weighted by Gasteiger charge is 2.23. The molecule has 3 nitrogen and oxygen atoms in total. The number of rotatable bonds is 1. The van der Waals surface area contributed by atoms with E-state index in [4.69, 9.17) is 6.42 Å². The number of nitrogens with one attached hydrogen (secondary N) is 1. The van der Waals surface area contributed by atoms with Crippen LogP contribution >= 0.6 is 0 Å². The Kier molecular flexibility index (Phi) is 2.50. The molecule has 0 spiro atoms. The predicted octanol–water partition coefficient (Wildman–Crippen LogP) is -0.560. The van der Waals surface area contributed by atoms with Crippen molar-refractivity contribution >= 4 is 5.91 Å². The van der Waals surface area contributed by atoms with Gasteiger partial charge in [0, 0.05) is 13.1 Å². The topological polar surface area (TPSA) is 32.3 Å². The predicted molar refractivity (Wildman–Crippen MR) is 42.9 cm³/mol. The van der Waals surface area contributed by atoms with Crippen molar-refractivity contribution in [1.82, 2.24) is 10.2 Å². The average Bonchev–Trinajstić information content (AvgIpc) is 1.99. The largest absolute Gasteiger partial charge is 0.329 e. The molecule has 0 saturated carbocycles. The van der Waals surface area contributed by atoms with Crippen LogP contribution in [0.3, 0.4) is 0 Å². The third kappa shape index (κ3) is 1.72. The van der Waals surface area contributed by atoms with Crippen LogP contribution in [0.2, 0.25) is 0 Å². The molecule has 3 heteroatoms. The number of hydrogen-bond donors (Lipinski definition) is 1. The Morgan fingerprint density at radius 3 is 3.27 bits per heavy atom. The van der Waals surface area contributed by atoms with Crippen LogP contribution in [0.1, 0.15) is 6.92 Å². The minimum Gasteiger partial charge on any atom is -0.329 e. The quantitative estimate of drug-likeness (QED) is 0.511. The van der Waals surface area contributed by atoms with Crippen LogP contribution in [0.25, 0.3) is 0 Å². The minimum absolute atomic E-state index is 0.0721. The van der Waals surface area contributed by atoms with Gasteiger partial charge in [0.15, 0.2) is 0 Å². The highest BCUT2D eigenvalue weighted by atomic mass is 16.2. The van der Waals surface area contributed by atoms with Gasteiger partial charge in [-0.05, 0) is 6.92 Å². The number of carbonyl (C=O) groups is 1. The highest BCUT2D eigenvalue weighted by Crippen LogP contribution is 1.98. The molecule has 0 radical (unpaired) electrons. The van der Waals surface area contributed by atoms with Crippen molar-refractivity contribution in [2.24, 2.45) is 0 Å². The molecule has 1 aliphatic rings. The van der Waals surface area contributed by atoms with E-state index < -0.39 is 0 Å². The van der Waals surface area contributed by atoms with Crippen molar-refractivity contribution in [3.05, 3.63) is 0 Å². The van der Waals surface area contributed by atoms with Crippen molar-refractivity contribution in [2.45, 2.75) is 13.0 Å². The molecule has 60 valence electrons. The average molecular weight is 152 g/mol. The molecule has 1 aliphatic heterocycles. The van der Waals surface area contributed by atoms with Crippen molar-refractivity contribution in [2.75, 3.05) is 19.6 Å². The number of piperazine rings is 1. The lowest BCUT2D eigenvalue weighted by atomic mass is 10.2. The second-order valence-electron chi connectivity index (χ2n) is 2.64. The number of terminal acetylenes is 1. The van der Waals surface area contributed by atoms with E-state index in [1.807, 2.05) is 6.92 Å². The zero-order valence-electron chi connectivity index (χ0n) is 6.63. The van der Waals surface area contributed by atoms with E-state index in [9.17, 15) is 4.79 Å². The van der Waals surface area contributed by atoms with Crippen molar-refractivity contribution < 1.29 is 4.79 Å². The van der Waals surface area contributed by atoms with Gasteiger partial charge in [0.25, 0.3) is 0 Å². The second kappa shape index (κ2) is 3.40. The molecule has 1 N–H and O–H groups in total. The fourth-order valence-electron chi connectivity index (χ4n) is 1.15. The molecule has 1 heterocycles. The number of nitrogens with zero attached hydrogens (tertiary/aromatic N) is 1. The summed E-state index contributed by atoms with van der Waals surface area (Å²) in [5.74, 6) is 2.57. The van der Waals surface area contributed by atoms with Crippen LogP contribution in [0.5, 0.6) is 0 Å². The molecule has 0 aromatic heterocycles. The fourth-order valence-corrected chi connectivity index (χ4v) is 1.15. The standard InChI is InChI=1S/C8H12N2O/c1-3-5-10-6-4-9-7(2)8(10)11/h1,7,9H,4-6H2,2H3. The fraction of sp³-hybridized carbons (Fsp3) is 0.625. The third-order valence-corrected chi connectivity index (χ3v) is 1.80. The van der Waals surface area contributed by atoms with Gasteiger partial charge in [-0.2, -0.15) is 0 Å². The molecule has 1 unspecified atom stereocenters. The van der Waals surface area contributed by atoms with Gasteiger partial charge in [-0.3, -0.25) is 4.79 Å². The van der Waals surface area contributed by atoms with Gasteiger partial charge in [-0.1, -0.05) is 5.92 Å². The van der Waals surface area contributed by atoms with Crippen LogP contribution in [-0.4, -0.2) is 36.5 Å².